The largest absolute Gasteiger partial charge is 0.381 e. The van der Waals surface area contributed by atoms with Crippen molar-refractivity contribution >= 4 is 16.5 Å². The van der Waals surface area contributed by atoms with Gasteiger partial charge in [-0.15, -0.1) is 0 Å². The molecule has 1 atom stereocenters. The van der Waals surface area contributed by atoms with Gasteiger partial charge in [0.1, 0.15) is 5.82 Å². The zero-order valence-corrected chi connectivity index (χ0v) is 15.1. The predicted molar refractivity (Wildman–Crippen MR) is 103 cm³/mol. The molecule has 0 amide bonds. The molecule has 4 nitrogen and oxygen atoms in total. The summed E-state index contributed by atoms with van der Waals surface area (Å²) in [4.78, 5) is 16.4. The maximum Gasteiger partial charge on any atom is 0.255 e. The van der Waals surface area contributed by atoms with Gasteiger partial charge in [0, 0.05) is 48.0 Å². The third kappa shape index (κ3) is 3.89. The number of anilines is 1. The van der Waals surface area contributed by atoms with Crippen molar-refractivity contribution in [1.29, 1.82) is 0 Å². The first-order valence-electron chi connectivity index (χ1n) is 9.23. The highest BCUT2D eigenvalue weighted by Gasteiger charge is 2.22. The van der Waals surface area contributed by atoms with Crippen LogP contribution in [-0.2, 0) is 6.54 Å². The second-order valence-corrected chi connectivity index (χ2v) is 7.19. The number of H-pyrrole nitrogens is 1. The maximum absolute atomic E-state index is 13.9. The third-order valence-electron chi connectivity index (χ3n) is 5.11. The van der Waals surface area contributed by atoms with E-state index in [9.17, 15) is 18.0 Å². The highest BCUT2D eigenvalue weighted by molar-refractivity contribution is 5.84. The number of fused-ring (bicyclic) bond motifs is 1. The Balaban J connectivity index is 1.46. The normalized spacial score (nSPS) is 17.8. The van der Waals surface area contributed by atoms with Crippen LogP contribution in [0.5, 0.6) is 0 Å². The number of piperidine rings is 1. The van der Waals surface area contributed by atoms with Crippen molar-refractivity contribution in [3.63, 3.8) is 0 Å². The van der Waals surface area contributed by atoms with Crippen LogP contribution in [-0.4, -0.2) is 29.0 Å². The van der Waals surface area contributed by atoms with Crippen LogP contribution in [0.2, 0.25) is 0 Å². The molecule has 0 radical (unpaired) electrons. The summed E-state index contributed by atoms with van der Waals surface area (Å²) in [6.07, 6.45) is 3.44. The molecule has 1 saturated heterocycles. The van der Waals surface area contributed by atoms with Crippen molar-refractivity contribution in [1.82, 2.24) is 9.88 Å². The van der Waals surface area contributed by atoms with Crippen LogP contribution in [0.15, 0.2) is 47.4 Å². The minimum absolute atomic E-state index is 0.0306. The molecule has 0 aliphatic carbocycles. The van der Waals surface area contributed by atoms with E-state index in [1.54, 1.807) is 12.3 Å². The molecule has 2 N–H and O–H groups in total. The van der Waals surface area contributed by atoms with E-state index in [4.69, 9.17) is 0 Å². The van der Waals surface area contributed by atoms with Crippen molar-refractivity contribution in [3.8, 4) is 0 Å². The lowest BCUT2D eigenvalue weighted by atomic mass is 10.0. The van der Waals surface area contributed by atoms with Gasteiger partial charge in [-0.05, 0) is 55.1 Å². The van der Waals surface area contributed by atoms with Crippen molar-refractivity contribution < 1.29 is 13.2 Å². The number of hydrogen-bond acceptors (Lipinski definition) is 3. The molecule has 1 fully saturated rings. The molecule has 146 valence electrons. The summed E-state index contributed by atoms with van der Waals surface area (Å²) < 4.78 is 40.8. The standard InChI is InChI=1S/C21H20F3N3O/c22-15-8-14(20(24)19(23)10-15)11-27-7-1-2-17(12-27)26-16-3-4-18-13(9-16)5-6-25-21(18)28/h3-6,8-10,17,26H,1-2,7,11-12H2,(H,25,28). The molecular weight excluding hydrogens is 367 g/mol. The van der Waals surface area contributed by atoms with Crippen molar-refractivity contribution in [2.75, 3.05) is 18.4 Å². The Morgan fingerprint density at radius 1 is 1.14 bits per heavy atom. The highest BCUT2D eigenvalue weighted by atomic mass is 19.2. The third-order valence-corrected chi connectivity index (χ3v) is 5.11. The maximum atomic E-state index is 13.9. The molecule has 1 aliphatic rings. The van der Waals surface area contributed by atoms with Gasteiger partial charge in [-0.25, -0.2) is 13.2 Å². The summed E-state index contributed by atoms with van der Waals surface area (Å²) in [5.41, 5.74) is 0.799. The van der Waals surface area contributed by atoms with Crippen molar-refractivity contribution in [3.05, 3.63) is 76.0 Å². The minimum atomic E-state index is -1.16. The molecular formula is C21H20F3N3O. The predicted octanol–water partition coefficient (Wildman–Crippen LogP) is 4.02. The van der Waals surface area contributed by atoms with E-state index in [0.717, 1.165) is 36.5 Å². The Labute approximate surface area is 160 Å². The van der Waals surface area contributed by atoms with Gasteiger partial charge in [0.25, 0.3) is 5.56 Å². The number of nitrogens with zero attached hydrogens (tertiary/aromatic N) is 1. The molecule has 1 aromatic heterocycles. The second-order valence-electron chi connectivity index (χ2n) is 7.19. The van der Waals surface area contributed by atoms with Gasteiger partial charge in [0.2, 0.25) is 0 Å². The first kappa shape index (κ1) is 18.6. The minimum Gasteiger partial charge on any atom is -0.381 e. The van der Waals surface area contributed by atoms with Gasteiger partial charge < -0.3 is 10.3 Å². The Bertz CT molecular complexity index is 1070. The average molecular weight is 387 g/mol. The highest BCUT2D eigenvalue weighted by Crippen LogP contribution is 2.22. The van der Waals surface area contributed by atoms with Gasteiger partial charge in [-0.3, -0.25) is 9.69 Å². The van der Waals surface area contributed by atoms with E-state index in [1.807, 2.05) is 23.1 Å². The molecule has 0 spiro atoms. The molecule has 7 heteroatoms. The van der Waals surface area contributed by atoms with Crippen LogP contribution in [0, 0.1) is 17.5 Å². The lowest BCUT2D eigenvalue weighted by Crippen LogP contribution is -2.41. The lowest BCUT2D eigenvalue weighted by molar-refractivity contribution is 0.205. The first-order valence-corrected chi connectivity index (χ1v) is 9.23. The van der Waals surface area contributed by atoms with Crippen molar-refractivity contribution in [2.24, 2.45) is 0 Å². The number of aromatic amines is 1. The fraction of sp³-hybridized carbons (Fsp3) is 0.286. The topological polar surface area (TPSA) is 48.1 Å². The number of nitrogens with one attached hydrogen (secondary N) is 2. The summed E-state index contributed by atoms with van der Waals surface area (Å²) in [6, 6.07) is 9.14. The fourth-order valence-corrected chi connectivity index (χ4v) is 3.80. The van der Waals surface area contributed by atoms with E-state index in [2.05, 4.69) is 10.3 Å². The number of aromatic nitrogens is 1. The monoisotopic (exact) mass is 387 g/mol. The summed E-state index contributed by atoms with van der Waals surface area (Å²) in [7, 11) is 0. The molecule has 2 aromatic carbocycles. The number of pyridine rings is 1. The Hall–Kier alpha value is -2.80. The molecule has 0 bridgehead atoms. The van der Waals surface area contributed by atoms with E-state index >= 15 is 0 Å². The molecule has 0 saturated carbocycles. The SMILES string of the molecule is O=c1[nH]ccc2cc(NC3CCCN(Cc4cc(F)cc(F)c4F)C3)ccc12. The zero-order chi connectivity index (χ0) is 19.7. The first-order chi connectivity index (χ1) is 13.5. The van der Waals surface area contributed by atoms with Crippen LogP contribution < -0.4 is 10.9 Å². The van der Waals surface area contributed by atoms with Crippen molar-refractivity contribution in [2.45, 2.75) is 25.4 Å². The number of benzene rings is 2. The van der Waals surface area contributed by atoms with Gasteiger partial charge in [-0.2, -0.15) is 0 Å². The lowest BCUT2D eigenvalue weighted by Gasteiger charge is -2.33. The van der Waals surface area contributed by atoms with Crippen LogP contribution in [0.3, 0.4) is 0 Å². The Morgan fingerprint density at radius 3 is 2.86 bits per heavy atom. The summed E-state index contributed by atoms with van der Waals surface area (Å²) in [5.74, 6) is -2.92. The zero-order valence-electron chi connectivity index (χ0n) is 15.1. The van der Waals surface area contributed by atoms with E-state index in [-0.39, 0.29) is 23.7 Å². The quantitative estimate of drug-likeness (QED) is 0.665. The molecule has 3 aromatic rings. The second kappa shape index (κ2) is 7.67. The average Bonchev–Trinajstić information content (AvgIpc) is 2.66. The number of hydrogen-bond donors (Lipinski definition) is 2. The van der Waals surface area contributed by atoms with Gasteiger partial charge in [-0.1, -0.05) is 0 Å². The van der Waals surface area contributed by atoms with Crippen LogP contribution in [0.25, 0.3) is 10.8 Å². The Morgan fingerprint density at radius 2 is 2.00 bits per heavy atom. The summed E-state index contributed by atoms with van der Waals surface area (Å²) in [6.45, 7) is 1.53. The number of rotatable bonds is 4. The molecule has 2 heterocycles. The van der Waals surface area contributed by atoms with Crippen LogP contribution in [0.1, 0.15) is 18.4 Å². The van der Waals surface area contributed by atoms with Gasteiger partial charge in [0.05, 0.1) is 0 Å². The summed E-state index contributed by atoms with van der Waals surface area (Å²) >= 11 is 0. The molecule has 4 rings (SSSR count). The number of likely N-dealkylation sites (tertiary alicyclic amines) is 1. The van der Waals surface area contributed by atoms with Gasteiger partial charge >= 0.3 is 0 Å². The summed E-state index contributed by atoms with van der Waals surface area (Å²) in [5, 5.41) is 4.92. The smallest absolute Gasteiger partial charge is 0.255 e. The van der Waals surface area contributed by atoms with Gasteiger partial charge in [0.15, 0.2) is 11.6 Å². The van der Waals surface area contributed by atoms with Crippen LogP contribution in [0.4, 0.5) is 18.9 Å². The van der Waals surface area contributed by atoms with E-state index < -0.39 is 17.5 Å². The Kier molecular flexibility index (Phi) is 5.09. The molecule has 1 aliphatic heterocycles. The fourth-order valence-electron chi connectivity index (χ4n) is 3.80. The number of halogens is 3. The van der Waals surface area contributed by atoms with E-state index in [0.29, 0.717) is 18.0 Å². The van der Waals surface area contributed by atoms with E-state index in [1.165, 1.54) is 0 Å². The molecule has 1 unspecified atom stereocenters. The van der Waals surface area contributed by atoms with Crippen LogP contribution >= 0.6 is 0 Å². The molecule has 28 heavy (non-hydrogen) atoms.